The molecule has 4 rings (SSSR count). The Morgan fingerprint density at radius 2 is 2.19 bits per heavy atom. The minimum atomic E-state index is 0.437. The van der Waals surface area contributed by atoms with Crippen LogP contribution in [0.3, 0.4) is 0 Å². The first-order valence-electron chi connectivity index (χ1n) is 7.00. The van der Waals surface area contributed by atoms with Crippen LogP contribution in [0.2, 0.25) is 0 Å². The van der Waals surface area contributed by atoms with Crippen molar-refractivity contribution in [2.45, 2.75) is 12.5 Å². The fourth-order valence-corrected chi connectivity index (χ4v) is 3.92. The average molecular weight is 304 g/mol. The van der Waals surface area contributed by atoms with E-state index >= 15 is 0 Å². The summed E-state index contributed by atoms with van der Waals surface area (Å²) in [6.45, 7) is 3.52. The lowest BCUT2D eigenvalue weighted by Crippen LogP contribution is -2.35. The zero-order valence-corrected chi connectivity index (χ0v) is 12.3. The van der Waals surface area contributed by atoms with Gasteiger partial charge in [0.25, 0.3) is 0 Å². The lowest BCUT2D eigenvalue weighted by molar-refractivity contribution is -0.433. The Balaban J connectivity index is 1.71. The summed E-state index contributed by atoms with van der Waals surface area (Å²) in [5, 5.41) is 12.0. The van der Waals surface area contributed by atoms with Crippen molar-refractivity contribution in [2.24, 2.45) is 0 Å². The van der Waals surface area contributed by atoms with Gasteiger partial charge < -0.3 is 4.90 Å². The zero-order valence-electron chi connectivity index (χ0n) is 11.4. The van der Waals surface area contributed by atoms with Crippen LogP contribution in [0.15, 0.2) is 42.0 Å². The van der Waals surface area contributed by atoms with Crippen molar-refractivity contribution in [3.8, 4) is 0 Å². The standard InChI is InChI=1S/C15H16N2O3S/c18-19-20-21-17-8-7-16-9-11-3-1-5-13(11)14-6-2-4-12(10-17)15(14)16/h1-6,13,18H,7-10H2/t13-/m0/s1. The van der Waals surface area contributed by atoms with Gasteiger partial charge in [-0.15, -0.1) is 4.33 Å². The number of hydrogen-bond donors (Lipinski definition) is 1. The molecule has 0 saturated carbocycles. The van der Waals surface area contributed by atoms with Crippen LogP contribution in [-0.4, -0.2) is 29.2 Å². The van der Waals surface area contributed by atoms with Gasteiger partial charge in [-0.2, -0.15) is 0 Å². The summed E-state index contributed by atoms with van der Waals surface area (Å²) in [4.78, 5) is 2.44. The molecule has 0 saturated heterocycles. The number of fused-ring (bicyclic) bond motifs is 2. The molecule has 1 atom stereocenters. The first kappa shape index (κ1) is 13.4. The first-order chi connectivity index (χ1) is 10.4. The third-order valence-electron chi connectivity index (χ3n) is 4.32. The van der Waals surface area contributed by atoms with Crippen LogP contribution < -0.4 is 4.90 Å². The minimum Gasteiger partial charge on any atom is -0.366 e. The van der Waals surface area contributed by atoms with Gasteiger partial charge in [0.1, 0.15) is 12.2 Å². The van der Waals surface area contributed by atoms with Gasteiger partial charge in [0, 0.05) is 37.8 Å². The van der Waals surface area contributed by atoms with Gasteiger partial charge in [-0.1, -0.05) is 41.5 Å². The van der Waals surface area contributed by atoms with E-state index in [2.05, 4.69) is 50.7 Å². The second-order valence-electron chi connectivity index (χ2n) is 5.46. The molecule has 0 fully saturated rings. The molecule has 1 aromatic rings. The largest absolute Gasteiger partial charge is 0.366 e. The zero-order chi connectivity index (χ0) is 14.2. The Morgan fingerprint density at radius 1 is 1.24 bits per heavy atom. The van der Waals surface area contributed by atoms with E-state index in [9.17, 15) is 0 Å². The van der Waals surface area contributed by atoms with Gasteiger partial charge in [-0.3, -0.25) is 0 Å². The van der Waals surface area contributed by atoms with Crippen molar-refractivity contribution in [1.82, 2.24) is 4.31 Å². The number of anilines is 1. The number of benzene rings is 1. The summed E-state index contributed by atoms with van der Waals surface area (Å²) in [5.41, 5.74) is 5.51. The molecule has 0 aromatic heterocycles. The van der Waals surface area contributed by atoms with Crippen LogP contribution >= 0.6 is 12.2 Å². The van der Waals surface area contributed by atoms with Crippen LogP contribution in [0.5, 0.6) is 0 Å². The Bertz CT molecular complexity index is 617. The van der Waals surface area contributed by atoms with Gasteiger partial charge in [0.05, 0.1) is 0 Å². The normalized spacial score (nSPS) is 23.6. The van der Waals surface area contributed by atoms with Crippen LogP contribution in [-0.2, 0) is 15.9 Å². The molecule has 1 aromatic carbocycles. The van der Waals surface area contributed by atoms with Crippen LogP contribution in [0.25, 0.3) is 0 Å². The molecule has 1 N–H and O–H groups in total. The molecule has 0 spiro atoms. The molecular weight excluding hydrogens is 288 g/mol. The quantitative estimate of drug-likeness (QED) is 0.401. The highest BCUT2D eigenvalue weighted by Crippen LogP contribution is 2.44. The van der Waals surface area contributed by atoms with E-state index in [-0.39, 0.29) is 0 Å². The van der Waals surface area contributed by atoms with Crippen LogP contribution in [0.1, 0.15) is 17.0 Å². The Hall–Kier alpha value is -1.31. The average Bonchev–Trinajstić information content (AvgIpc) is 2.90. The third kappa shape index (κ3) is 2.29. The second-order valence-corrected chi connectivity index (χ2v) is 6.26. The fourth-order valence-electron chi connectivity index (χ4n) is 3.46. The van der Waals surface area contributed by atoms with E-state index < -0.39 is 0 Å². The molecule has 21 heavy (non-hydrogen) atoms. The van der Waals surface area contributed by atoms with Gasteiger partial charge >= 0.3 is 0 Å². The van der Waals surface area contributed by atoms with Crippen molar-refractivity contribution in [3.63, 3.8) is 0 Å². The molecule has 6 heteroatoms. The van der Waals surface area contributed by atoms with Crippen molar-refractivity contribution >= 4 is 17.9 Å². The molecular formula is C15H16N2O3S. The summed E-state index contributed by atoms with van der Waals surface area (Å²) < 4.78 is 6.64. The number of rotatable bonds is 3. The van der Waals surface area contributed by atoms with E-state index in [1.165, 1.54) is 22.4 Å². The first-order valence-corrected chi connectivity index (χ1v) is 7.70. The van der Waals surface area contributed by atoms with E-state index in [0.29, 0.717) is 5.92 Å². The molecule has 2 aliphatic heterocycles. The highest BCUT2D eigenvalue weighted by molar-refractivity contribution is 7.92. The van der Waals surface area contributed by atoms with Gasteiger partial charge in [-0.25, -0.2) is 9.56 Å². The summed E-state index contributed by atoms with van der Waals surface area (Å²) >= 11 is 1.04. The smallest absolute Gasteiger partial charge is 0.124 e. The van der Waals surface area contributed by atoms with E-state index in [0.717, 1.165) is 38.4 Å². The summed E-state index contributed by atoms with van der Waals surface area (Å²) in [5.74, 6) is 0.437. The number of para-hydroxylation sites is 1. The summed E-state index contributed by atoms with van der Waals surface area (Å²) in [6.07, 6.45) is 6.68. The van der Waals surface area contributed by atoms with Gasteiger partial charge in [-0.05, 0) is 16.7 Å². The van der Waals surface area contributed by atoms with E-state index in [4.69, 9.17) is 5.26 Å². The van der Waals surface area contributed by atoms with Crippen LogP contribution in [0.4, 0.5) is 5.69 Å². The SMILES string of the molecule is OOOSN1CCN2CC3=CC=C[C@@H]3c3cccc(c32)C1. The molecule has 0 radical (unpaired) electrons. The lowest BCUT2D eigenvalue weighted by Gasteiger charge is -2.35. The van der Waals surface area contributed by atoms with Crippen molar-refractivity contribution < 1.29 is 14.6 Å². The van der Waals surface area contributed by atoms with Gasteiger partial charge in [0.15, 0.2) is 0 Å². The molecule has 0 amide bonds. The second kappa shape index (κ2) is 5.47. The molecule has 2 heterocycles. The molecule has 110 valence electrons. The molecule has 5 nitrogen and oxygen atoms in total. The Kier molecular flexibility index (Phi) is 3.48. The monoisotopic (exact) mass is 304 g/mol. The van der Waals surface area contributed by atoms with Crippen molar-refractivity contribution in [3.05, 3.63) is 53.1 Å². The predicted octanol–water partition coefficient (Wildman–Crippen LogP) is 2.89. The minimum absolute atomic E-state index is 0.437. The number of hydrogen-bond acceptors (Lipinski definition) is 6. The summed E-state index contributed by atoms with van der Waals surface area (Å²) in [7, 11) is 0. The number of nitrogens with zero attached hydrogens (tertiary/aromatic N) is 2. The van der Waals surface area contributed by atoms with E-state index in [1.807, 2.05) is 4.31 Å². The predicted molar refractivity (Wildman–Crippen MR) is 81.4 cm³/mol. The van der Waals surface area contributed by atoms with Crippen LogP contribution in [0, 0.1) is 0 Å². The van der Waals surface area contributed by atoms with Gasteiger partial charge in [0.2, 0.25) is 0 Å². The fraction of sp³-hybridized carbons (Fsp3) is 0.333. The highest BCUT2D eigenvalue weighted by atomic mass is 32.2. The highest BCUT2D eigenvalue weighted by Gasteiger charge is 2.32. The maximum Gasteiger partial charge on any atom is 0.124 e. The molecule has 1 aliphatic carbocycles. The molecule has 0 bridgehead atoms. The maximum absolute atomic E-state index is 8.33. The van der Waals surface area contributed by atoms with Crippen molar-refractivity contribution in [1.29, 1.82) is 0 Å². The van der Waals surface area contributed by atoms with E-state index in [1.54, 1.807) is 0 Å². The maximum atomic E-state index is 8.33. The Labute approximate surface area is 127 Å². The molecule has 3 aliphatic rings. The topological polar surface area (TPSA) is 45.2 Å². The van der Waals surface area contributed by atoms with Crippen molar-refractivity contribution in [2.75, 3.05) is 24.5 Å². The Morgan fingerprint density at radius 3 is 3.10 bits per heavy atom. The third-order valence-corrected chi connectivity index (χ3v) is 4.97. The number of allylic oxidation sites excluding steroid dienone is 3. The molecule has 0 unspecified atom stereocenters. The lowest BCUT2D eigenvalue weighted by atomic mass is 9.86. The summed E-state index contributed by atoms with van der Waals surface area (Å²) in [6, 6.07) is 6.52.